The monoisotopic (exact) mass is 328 g/mol. The molecule has 0 radical (unpaired) electrons. The van der Waals surface area contributed by atoms with Crippen LogP contribution in [0, 0.1) is 11.3 Å². The first kappa shape index (κ1) is 16.6. The van der Waals surface area contributed by atoms with Gasteiger partial charge in [0.2, 0.25) is 0 Å². The van der Waals surface area contributed by atoms with Crippen LogP contribution in [-0.4, -0.2) is 54.2 Å². The standard InChI is InChI=1S/C18H24N4O2/c1-12(2)22-16-6-7-21(11-15(16)20-18(22)23)10-13-4-5-14(9-19)17(8-13)24-3/h4-5,8,12,15-16H,6-7,10-11H2,1-3H3,(H,20,23)/t15-,16+/m1/s1. The van der Waals surface area contributed by atoms with E-state index in [0.717, 1.165) is 31.6 Å². The summed E-state index contributed by atoms with van der Waals surface area (Å²) in [6.07, 6.45) is 0.981. The number of rotatable bonds is 4. The number of fused-ring (bicyclic) bond motifs is 1. The number of carbonyl (C=O) groups is 1. The number of nitriles is 1. The summed E-state index contributed by atoms with van der Waals surface area (Å²) in [5.41, 5.74) is 1.67. The molecule has 1 aromatic carbocycles. The molecule has 128 valence electrons. The molecule has 2 atom stereocenters. The van der Waals surface area contributed by atoms with E-state index in [9.17, 15) is 4.79 Å². The summed E-state index contributed by atoms with van der Waals surface area (Å²) in [6.45, 7) is 6.74. The van der Waals surface area contributed by atoms with Gasteiger partial charge in [-0.2, -0.15) is 5.26 Å². The molecule has 0 spiro atoms. The minimum absolute atomic E-state index is 0.0573. The van der Waals surface area contributed by atoms with Crippen LogP contribution < -0.4 is 10.1 Å². The number of methoxy groups -OCH3 is 1. The number of benzene rings is 1. The lowest BCUT2D eigenvalue weighted by Crippen LogP contribution is -2.51. The number of nitrogens with zero attached hydrogens (tertiary/aromatic N) is 3. The van der Waals surface area contributed by atoms with Crippen LogP contribution in [0.15, 0.2) is 18.2 Å². The van der Waals surface area contributed by atoms with E-state index in [1.54, 1.807) is 13.2 Å². The van der Waals surface area contributed by atoms with E-state index in [0.29, 0.717) is 17.4 Å². The zero-order valence-electron chi connectivity index (χ0n) is 14.5. The van der Waals surface area contributed by atoms with Crippen LogP contribution in [0.2, 0.25) is 0 Å². The first-order valence-corrected chi connectivity index (χ1v) is 8.41. The number of carbonyl (C=O) groups excluding carboxylic acids is 1. The van der Waals surface area contributed by atoms with Crippen LogP contribution >= 0.6 is 0 Å². The van der Waals surface area contributed by atoms with E-state index in [1.807, 2.05) is 17.0 Å². The van der Waals surface area contributed by atoms with Gasteiger partial charge in [0.25, 0.3) is 0 Å². The van der Waals surface area contributed by atoms with Crippen molar-refractivity contribution >= 4 is 6.03 Å². The summed E-state index contributed by atoms with van der Waals surface area (Å²) in [5.74, 6) is 0.616. The maximum absolute atomic E-state index is 12.2. The summed E-state index contributed by atoms with van der Waals surface area (Å²) >= 11 is 0. The number of hydrogen-bond acceptors (Lipinski definition) is 4. The minimum atomic E-state index is 0.0573. The van der Waals surface area contributed by atoms with Crippen molar-refractivity contribution in [2.24, 2.45) is 0 Å². The van der Waals surface area contributed by atoms with E-state index in [2.05, 4.69) is 30.1 Å². The third-order valence-electron chi connectivity index (χ3n) is 4.91. The highest BCUT2D eigenvalue weighted by molar-refractivity contribution is 5.78. The molecule has 2 amide bonds. The van der Waals surface area contributed by atoms with Crippen molar-refractivity contribution < 1.29 is 9.53 Å². The van der Waals surface area contributed by atoms with Crippen LogP contribution in [-0.2, 0) is 6.54 Å². The smallest absolute Gasteiger partial charge is 0.318 e. The van der Waals surface area contributed by atoms with Gasteiger partial charge in [0.05, 0.1) is 24.8 Å². The predicted octanol–water partition coefficient (Wildman–Crippen LogP) is 1.94. The number of urea groups is 1. The molecule has 1 aromatic rings. The Labute approximate surface area is 143 Å². The largest absolute Gasteiger partial charge is 0.495 e. The molecule has 2 aliphatic rings. The fourth-order valence-electron chi connectivity index (χ4n) is 3.81. The van der Waals surface area contributed by atoms with Crippen molar-refractivity contribution in [1.29, 1.82) is 5.26 Å². The lowest BCUT2D eigenvalue weighted by atomic mass is 9.98. The average Bonchev–Trinajstić information content (AvgIpc) is 2.89. The molecule has 3 rings (SSSR count). The second kappa shape index (κ2) is 6.70. The van der Waals surface area contributed by atoms with Crippen molar-refractivity contribution in [3.8, 4) is 11.8 Å². The fourth-order valence-corrected chi connectivity index (χ4v) is 3.81. The van der Waals surface area contributed by atoms with Gasteiger partial charge >= 0.3 is 6.03 Å². The molecule has 0 aliphatic carbocycles. The van der Waals surface area contributed by atoms with Crippen molar-refractivity contribution in [3.05, 3.63) is 29.3 Å². The van der Waals surface area contributed by atoms with E-state index in [1.165, 1.54) is 0 Å². The maximum atomic E-state index is 12.2. The van der Waals surface area contributed by atoms with Gasteiger partial charge in [0.15, 0.2) is 0 Å². The highest BCUT2D eigenvalue weighted by atomic mass is 16.5. The minimum Gasteiger partial charge on any atom is -0.495 e. The topological polar surface area (TPSA) is 68.6 Å². The molecular weight excluding hydrogens is 304 g/mol. The predicted molar refractivity (Wildman–Crippen MR) is 90.7 cm³/mol. The summed E-state index contributed by atoms with van der Waals surface area (Å²) in [6, 6.07) is 8.62. The van der Waals surface area contributed by atoms with Gasteiger partial charge in [0, 0.05) is 25.7 Å². The zero-order valence-corrected chi connectivity index (χ0v) is 14.5. The third-order valence-corrected chi connectivity index (χ3v) is 4.91. The normalized spacial score (nSPS) is 23.8. The highest BCUT2D eigenvalue weighted by Crippen LogP contribution is 2.26. The van der Waals surface area contributed by atoms with Crippen LogP contribution in [0.3, 0.4) is 0 Å². The summed E-state index contributed by atoms with van der Waals surface area (Å²) < 4.78 is 5.29. The number of hydrogen-bond donors (Lipinski definition) is 1. The SMILES string of the molecule is COc1cc(CN2CC[C@H]3[C@@H](C2)NC(=O)N3C(C)C)ccc1C#N. The van der Waals surface area contributed by atoms with Crippen molar-refractivity contribution in [2.45, 2.75) is 44.9 Å². The van der Waals surface area contributed by atoms with E-state index in [-0.39, 0.29) is 18.1 Å². The number of likely N-dealkylation sites (tertiary alicyclic amines) is 1. The van der Waals surface area contributed by atoms with Gasteiger partial charge in [-0.15, -0.1) is 0 Å². The quantitative estimate of drug-likeness (QED) is 0.917. The lowest BCUT2D eigenvalue weighted by Gasteiger charge is -2.38. The van der Waals surface area contributed by atoms with Crippen LogP contribution in [0.4, 0.5) is 4.79 Å². The van der Waals surface area contributed by atoms with Gasteiger partial charge in [-0.05, 0) is 38.0 Å². The molecule has 6 nitrogen and oxygen atoms in total. The second-order valence-corrected chi connectivity index (χ2v) is 6.79. The van der Waals surface area contributed by atoms with Crippen molar-refractivity contribution in [1.82, 2.24) is 15.1 Å². The zero-order chi connectivity index (χ0) is 17.3. The van der Waals surface area contributed by atoms with Gasteiger partial charge in [0.1, 0.15) is 11.8 Å². The third kappa shape index (κ3) is 3.04. The van der Waals surface area contributed by atoms with Crippen LogP contribution in [0.5, 0.6) is 5.75 Å². The summed E-state index contributed by atoms with van der Waals surface area (Å²) in [7, 11) is 1.58. The molecule has 6 heteroatoms. The number of nitrogens with one attached hydrogen (secondary N) is 1. The Kier molecular flexibility index (Phi) is 4.63. The molecule has 2 saturated heterocycles. The van der Waals surface area contributed by atoms with Crippen LogP contribution in [0.25, 0.3) is 0 Å². The average molecular weight is 328 g/mol. The second-order valence-electron chi connectivity index (χ2n) is 6.79. The highest BCUT2D eigenvalue weighted by Gasteiger charge is 2.43. The molecule has 0 saturated carbocycles. The van der Waals surface area contributed by atoms with Crippen LogP contribution in [0.1, 0.15) is 31.4 Å². The number of ether oxygens (including phenoxy) is 1. The van der Waals surface area contributed by atoms with E-state index < -0.39 is 0 Å². The molecule has 2 fully saturated rings. The Hall–Kier alpha value is -2.26. The molecule has 0 aromatic heterocycles. The van der Waals surface area contributed by atoms with E-state index in [4.69, 9.17) is 10.00 Å². The van der Waals surface area contributed by atoms with Crippen molar-refractivity contribution in [2.75, 3.05) is 20.2 Å². The molecule has 1 N–H and O–H groups in total. The molecule has 24 heavy (non-hydrogen) atoms. The molecule has 0 bridgehead atoms. The molecule has 2 heterocycles. The maximum Gasteiger partial charge on any atom is 0.318 e. The Morgan fingerprint density at radius 3 is 2.92 bits per heavy atom. The lowest BCUT2D eigenvalue weighted by molar-refractivity contribution is 0.122. The Balaban J connectivity index is 1.67. The van der Waals surface area contributed by atoms with Gasteiger partial charge in [-0.1, -0.05) is 6.07 Å². The Morgan fingerprint density at radius 1 is 1.46 bits per heavy atom. The first-order chi connectivity index (χ1) is 11.5. The summed E-state index contributed by atoms with van der Waals surface area (Å²) in [4.78, 5) is 16.5. The van der Waals surface area contributed by atoms with Gasteiger partial charge in [-0.3, -0.25) is 4.90 Å². The fraction of sp³-hybridized carbons (Fsp3) is 0.556. The Morgan fingerprint density at radius 2 is 2.25 bits per heavy atom. The Bertz CT molecular complexity index is 667. The van der Waals surface area contributed by atoms with E-state index >= 15 is 0 Å². The molecule has 2 aliphatic heterocycles. The van der Waals surface area contributed by atoms with Gasteiger partial charge < -0.3 is 15.0 Å². The molecular formula is C18H24N4O2. The number of amides is 2. The van der Waals surface area contributed by atoms with Gasteiger partial charge in [-0.25, -0.2) is 4.79 Å². The number of piperidine rings is 1. The summed E-state index contributed by atoms with van der Waals surface area (Å²) in [5, 5.41) is 12.2. The van der Waals surface area contributed by atoms with Crippen molar-refractivity contribution in [3.63, 3.8) is 0 Å². The first-order valence-electron chi connectivity index (χ1n) is 8.41. The molecule has 0 unspecified atom stereocenters.